The number of hydrogen-bond acceptors (Lipinski definition) is 8. The number of nitrogens with one attached hydrogen (secondary N) is 2. The second kappa shape index (κ2) is 16.9. The van der Waals surface area contributed by atoms with Gasteiger partial charge in [-0.2, -0.15) is 13.2 Å². The third-order valence-electron chi connectivity index (χ3n) is 12.3. The molecule has 2 fully saturated rings. The van der Waals surface area contributed by atoms with E-state index in [2.05, 4.69) is 104 Å². The zero-order valence-electron chi connectivity index (χ0n) is 35.6. The molecule has 2 amide bonds. The summed E-state index contributed by atoms with van der Waals surface area (Å²) in [5, 5.41) is 8.44. The number of hydrogen-bond donors (Lipinski definition) is 3. The minimum Gasteiger partial charge on any atom is -0.406 e. The van der Waals surface area contributed by atoms with Crippen molar-refractivity contribution >= 4 is 58.6 Å². The molecule has 1 saturated carbocycles. The van der Waals surface area contributed by atoms with Crippen molar-refractivity contribution in [3.63, 3.8) is 0 Å². The molecule has 7 aromatic rings. The molecule has 2 aliphatic rings. The van der Waals surface area contributed by atoms with Gasteiger partial charge in [0, 0.05) is 81.8 Å². The van der Waals surface area contributed by atoms with Gasteiger partial charge in [0.05, 0.1) is 22.3 Å². The van der Waals surface area contributed by atoms with Gasteiger partial charge >= 0.3 is 12.2 Å². The molecule has 0 radical (unpaired) electrons. The van der Waals surface area contributed by atoms with E-state index in [1.807, 2.05) is 33.7 Å². The minimum atomic E-state index is -4.63. The van der Waals surface area contributed by atoms with Gasteiger partial charge in [-0.3, -0.25) is 14.2 Å². The lowest BCUT2D eigenvalue weighted by atomic mass is 10.0. The van der Waals surface area contributed by atoms with Crippen molar-refractivity contribution in [3.8, 4) is 11.3 Å². The molecule has 9 rings (SSSR count). The SMILES string of the molecule is CC(C)(C)[Si](OCCN1CCN(Cc2ccc(NC(=O)Nc3ccc(-c4cn(C5CC5)c5ncnc(N)c45)n4ccnc34)cc2C(F)(F)F)CC1)(c1ccccc1)c1ccccc1. The summed E-state index contributed by atoms with van der Waals surface area (Å²) in [5.74, 6) is 0.361. The van der Waals surface area contributed by atoms with Crippen molar-refractivity contribution in [2.24, 2.45) is 0 Å². The van der Waals surface area contributed by atoms with E-state index >= 15 is 0 Å². The lowest BCUT2D eigenvalue weighted by Gasteiger charge is -2.43. The van der Waals surface area contributed by atoms with E-state index in [1.165, 1.54) is 28.8 Å². The second-order valence-electron chi connectivity index (χ2n) is 17.5. The number of piperazine rings is 1. The van der Waals surface area contributed by atoms with Crippen LogP contribution in [0.1, 0.15) is 50.8 Å². The molecule has 0 bridgehead atoms. The molecular formula is C47H51F3N10O2Si. The summed E-state index contributed by atoms with van der Waals surface area (Å²) in [4.78, 5) is 30.9. The van der Waals surface area contributed by atoms with Crippen LogP contribution < -0.4 is 26.7 Å². The van der Waals surface area contributed by atoms with Crippen molar-refractivity contribution in [2.75, 3.05) is 55.7 Å². The maximum atomic E-state index is 14.6. The van der Waals surface area contributed by atoms with Crippen LogP contribution in [0.4, 0.5) is 35.2 Å². The summed E-state index contributed by atoms with van der Waals surface area (Å²) in [6.07, 6.45) is 4.35. The summed E-state index contributed by atoms with van der Waals surface area (Å²) in [6.45, 7) is 10.8. The number of nitrogens with two attached hydrogens (primary N) is 1. The van der Waals surface area contributed by atoms with E-state index in [-0.39, 0.29) is 22.8 Å². The van der Waals surface area contributed by atoms with E-state index in [0.717, 1.165) is 47.7 Å². The number of fused-ring (bicyclic) bond motifs is 2. The number of aromatic nitrogens is 5. The maximum absolute atomic E-state index is 14.6. The predicted octanol–water partition coefficient (Wildman–Crippen LogP) is 8.02. The summed E-state index contributed by atoms with van der Waals surface area (Å²) in [5.41, 5.74) is 8.91. The average molecular weight is 873 g/mol. The van der Waals surface area contributed by atoms with Crippen molar-refractivity contribution in [1.29, 1.82) is 0 Å². The van der Waals surface area contributed by atoms with Crippen LogP contribution in [0.15, 0.2) is 116 Å². The molecule has 1 aliphatic heterocycles. The molecule has 1 saturated heterocycles. The molecule has 5 heterocycles. The Morgan fingerprint density at radius 3 is 2.17 bits per heavy atom. The number of nitrogens with zero attached hydrogens (tertiary/aromatic N) is 7. The zero-order valence-corrected chi connectivity index (χ0v) is 36.6. The highest BCUT2D eigenvalue weighted by Gasteiger charge is 2.50. The van der Waals surface area contributed by atoms with Gasteiger partial charge in [-0.15, -0.1) is 0 Å². The molecule has 1 aliphatic carbocycles. The van der Waals surface area contributed by atoms with Crippen LogP contribution in [0.5, 0.6) is 0 Å². The Hall–Kier alpha value is -6.07. The fourth-order valence-corrected chi connectivity index (χ4v) is 13.7. The first-order chi connectivity index (χ1) is 30.3. The van der Waals surface area contributed by atoms with Gasteiger partial charge in [0.25, 0.3) is 8.32 Å². The third kappa shape index (κ3) is 8.43. The van der Waals surface area contributed by atoms with Gasteiger partial charge in [-0.25, -0.2) is 19.7 Å². The number of nitrogen functional groups attached to an aromatic ring is 1. The monoisotopic (exact) mass is 872 g/mol. The number of rotatable bonds is 12. The molecule has 3 aromatic carbocycles. The van der Waals surface area contributed by atoms with Crippen molar-refractivity contribution in [2.45, 2.75) is 57.4 Å². The van der Waals surface area contributed by atoms with Gasteiger partial charge in [0.1, 0.15) is 17.8 Å². The Morgan fingerprint density at radius 2 is 1.52 bits per heavy atom. The molecule has 326 valence electrons. The standard InChI is InChI=1S/C47H51F3N10O2Si/c1-46(2,3)63(35-10-6-4-7-11-35,36-12-8-5-9-13-36)62-27-26-57-22-24-58(25-23-57)29-32-14-15-33(28-38(32)47(48,49)50)55-45(61)56-39-18-19-40(59-21-20-52-43(39)59)37-30-60(34-16-17-34)44-41(37)42(51)53-31-54-44/h4-15,18-21,28,30-31,34H,16-17,22-27,29H2,1-3H3,(H2,51,53,54)(H2,55,56,61). The molecular weight excluding hydrogens is 822 g/mol. The summed E-state index contributed by atoms with van der Waals surface area (Å²) in [6, 6.07) is 28.2. The van der Waals surface area contributed by atoms with Crippen molar-refractivity contribution in [3.05, 3.63) is 127 Å². The number of amides is 2. The Labute approximate surface area is 365 Å². The lowest BCUT2D eigenvalue weighted by Crippen LogP contribution is -2.67. The molecule has 12 nitrogen and oxygen atoms in total. The van der Waals surface area contributed by atoms with E-state index in [4.69, 9.17) is 10.2 Å². The van der Waals surface area contributed by atoms with Gasteiger partial charge in [-0.1, -0.05) is 87.5 Å². The normalized spacial score (nSPS) is 15.6. The number of halogens is 3. The highest BCUT2D eigenvalue weighted by Crippen LogP contribution is 2.43. The van der Waals surface area contributed by atoms with E-state index in [0.29, 0.717) is 56.0 Å². The van der Waals surface area contributed by atoms with Crippen LogP contribution in [0, 0.1) is 0 Å². The number of pyridine rings is 1. The van der Waals surface area contributed by atoms with Crippen LogP contribution in [-0.2, 0) is 17.1 Å². The summed E-state index contributed by atoms with van der Waals surface area (Å²) >= 11 is 0. The first-order valence-electron chi connectivity index (χ1n) is 21.4. The predicted molar refractivity (Wildman–Crippen MR) is 244 cm³/mol. The Morgan fingerprint density at radius 1 is 0.841 bits per heavy atom. The van der Waals surface area contributed by atoms with Gasteiger partial charge in [0.2, 0.25) is 0 Å². The molecule has 4 aromatic heterocycles. The average Bonchev–Trinajstić information content (AvgIpc) is 3.84. The third-order valence-corrected chi connectivity index (χ3v) is 17.4. The lowest BCUT2D eigenvalue weighted by molar-refractivity contribution is -0.138. The fraction of sp³-hybridized carbons (Fsp3) is 0.319. The van der Waals surface area contributed by atoms with E-state index in [1.54, 1.807) is 18.5 Å². The van der Waals surface area contributed by atoms with Crippen LogP contribution in [0.2, 0.25) is 5.04 Å². The molecule has 4 N–H and O–H groups in total. The number of urea groups is 1. The molecule has 0 spiro atoms. The fourth-order valence-electron chi connectivity index (χ4n) is 9.11. The largest absolute Gasteiger partial charge is 0.416 e. The number of alkyl halides is 3. The number of anilines is 3. The van der Waals surface area contributed by atoms with Crippen LogP contribution in [0.25, 0.3) is 27.9 Å². The summed E-state index contributed by atoms with van der Waals surface area (Å²) in [7, 11) is -2.68. The number of imidazole rings is 1. The Balaban J connectivity index is 0.841. The zero-order chi connectivity index (χ0) is 43.9. The van der Waals surface area contributed by atoms with Crippen molar-refractivity contribution in [1.82, 2.24) is 33.7 Å². The first kappa shape index (κ1) is 42.2. The van der Waals surface area contributed by atoms with Crippen LogP contribution >= 0.6 is 0 Å². The molecule has 63 heavy (non-hydrogen) atoms. The summed E-state index contributed by atoms with van der Waals surface area (Å²) < 4.78 is 54.8. The van der Waals surface area contributed by atoms with Crippen LogP contribution in [-0.4, -0.2) is 87.4 Å². The number of carbonyl (C=O) groups is 1. The highest BCUT2D eigenvalue weighted by atomic mass is 28.4. The van der Waals surface area contributed by atoms with Gasteiger partial charge in [0.15, 0.2) is 5.65 Å². The quantitative estimate of drug-likeness (QED) is 0.105. The van der Waals surface area contributed by atoms with Gasteiger partial charge in [-0.05, 0) is 58.1 Å². The molecule has 0 unspecified atom stereocenters. The number of carbonyl (C=O) groups excluding carboxylic acids is 1. The number of benzene rings is 3. The Bertz CT molecular complexity index is 2700. The van der Waals surface area contributed by atoms with Crippen molar-refractivity contribution < 1.29 is 22.4 Å². The van der Waals surface area contributed by atoms with E-state index in [9.17, 15) is 18.0 Å². The topological polar surface area (TPSA) is 131 Å². The first-order valence-corrected chi connectivity index (χ1v) is 23.3. The smallest absolute Gasteiger partial charge is 0.406 e. The maximum Gasteiger partial charge on any atom is 0.416 e. The van der Waals surface area contributed by atoms with E-state index < -0.39 is 26.1 Å². The second-order valence-corrected chi connectivity index (χ2v) is 21.8. The highest BCUT2D eigenvalue weighted by molar-refractivity contribution is 6.99. The molecule has 16 heteroatoms. The Kier molecular flexibility index (Phi) is 11.3. The van der Waals surface area contributed by atoms with Crippen LogP contribution in [0.3, 0.4) is 0 Å². The minimum absolute atomic E-state index is 0.0219. The molecule has 0 atom stereocenters. The van der Waals surface area contributed by atoms with Gasteiger partial charge < -0.3 is 25.4 Å².